The normalized spacial score (nSPS) is 10.9. The van der Waals surface area contributed by atoms with Gasteiger partial charge < -0.3 is 20.1 Å². The Morgan fingerprint density at radius 1 is 1.48 bits per heavy atom. The summed E-state index contributed by atoms with van der Waals surface area (Å²) >= 11 is 0. The zero-order valence-corrected chi connectivity index (χ0v) is 12.9. The number of anilines is 1. The SMILES string of the molecule is C=CCN(CC(=O)Nc1cc(C)on1)C(=O)NC(C)(C)C. The Labute approximate surface area is 124 Å². The summed E-state index contributed by atoms with van der Waals surface area (Å²) in [6.45, 7) is 11.1. The molecule has 0 fully saturated rings. The zero-order chi connectivity index (χ0) is 16.0. The summed E-state index contributed by atoms with van der Waals surface area (Å²) in [6.07, 6.45) is 1.57. The lowest BCUT2D eigenvalue weighted by Gasteiger charge is -2.27. The Kier molecular flexibility index (Phi) is 5.52. The molecule has 1 rings (SSSR count). The van der Waals surface area contributed by atoms with Crippen LogP contribution in [0.4, 0.5) is 10.6 Å². The smallest absolute Gasteiger partial charge is 0.318 e. The van der Waals surface area contributed by atoms with Crippen molar-refractivity contribution in [3.8, 4) is 0 Å². The highest BCUT2D eigenvalue weighted by molar-refractivity contribution is 5.93. The standard InChI is InChI=1S/C14H22N4O3/c1-6-7-18(13(20)16-14(3,4)5)9-12(19)15-11-8-10(2)21-17-11/h6,8H,1,7,9H2,2-5H3,(H,16,20)(H,15,17,19). The van der Waals surface area contributed by atoms with Gasteiger partial charge in [0, 0.05) is 18.2 Å². The fourth-order valence-corrected chi connectivity index (χ4v) is 1.56. The van der Waals surface area contributed by atoms with Crippen molar-refractivity contribution in [1.29, 1.82) is 0 Å². The van der Waals surface area contributed by atoms with Crippen LogP contribution in [0.15, 0.2) is 23.2 Å². The van der Waals surface area contributed by atoms with Gasteiger partial charge in [-0.2, -0.15) is 0 Å². The van der Waals surface area contributed by atoms with Crippen LogP contribution in [-0.4, -0.2) is 40.6 Å². The van der Waals surface area contributed by atoms with E-state index in [4.69, 9.17) is 4.52 Å². The molecule has 0 saturated heterocycles. The van der Waals surface area contributed by atoms with E-state index in [1.54, 1.807) is 19.1 Å². The van der Waals surface area contributed by atoms with Crippen molar-refractivity contribution in [3.63, 3.8) is 0 Å². The monoisotopic (exact) mass is 294 g/mol. The lowest BCUT2D eigenvalue weighted by molar-refractivity contribution is -0.116. The van der Waals surface area contributed by atoms with Crippen molar-refractivity contribution >= 4 is 17.8 Å². The minimum atomic E-state index is -0.379. The largest absolute Gasteiger partial charge is 0.360 e. The van der Waals surface area contributed by atoms with Crippen molar-refractivity contribution in [2.75, 3.05) is 18.4 Å². The third kappa shape index (κ3) is 6.11. The average molecular weight is 294 g/mol. The molecule has 116 valence electrons. The van der Waals surface area contributed by atoms with Gasteiger partial charge in [0.05, 0.1) is 0 Å². The maximum Gasteiger partial charge on any atom is 0.318 e. The maximum absolute atomic E-state index is 12.1. The van der Waals surface area contributed by atoms with E-state index >= 15 is 0 Å². The van der Waals surface area contributed by atoms with Crippen molar-refractivity contribution < 1.29 is 14.1 Å². The highest BCUT2D eigenvalue weighted by atomic mass is 16.5. The van der Waals surface area contributed by atoms with E-state index in [9.17, 15) is 9.59 Å². The van der Waals surface area contributed by atoms with Gasteiger partial charge in [0.2, 0.25) is 5.91 Å². The Bertz CT molecular complexity index is 517. The second kappa shape index (κ2) is 6.92. The minimum absolute atomic E-state index is 0.0974. The van der Waals surface area contributed by atoms with Crippen LogP contribution in [0.5, 0.6) is 0 Å². The molecule has 0 aliphatic carbocycles. The number of rotatable bonds is 5. The second-order valence-electron chi connectivity index (χ2n) is 5.72. The molecule has 7 nitrogen and oxygen atoms in total. The summed E-state index contributed by atoms with van der Waals surface area (Å²) in [4.78, 5) is 25.4. The highest BCUT2D eigenvalue weighted by Gasteiger charge is 2.21. The van der Waals surface area contributed by atoms with E-state index in [1.807, 2.05) is 20.8 Å². The molecule has 1 aromatic rings. The zero-order valence-electron chi connectivity index (χ0n) is 12.9. The topological polar surface area (TPSA) is 87.5 Å². The van der Waals surface area contributed by atoms with Crippen LogP contribution in [0.2, 0.25) is 0 Å². The molecule has 0 bridgehead atoms. The van der Waals surface area contributed by atoms with Gasteiger partial charge in [-0.15, -0.1) is 6.58 Å². The number of aromatic nitrogens is 1. The molecule has 3 amide bonds. The molecule has 7 heteroatoms. The van der Waals surface area contributed by atoms with E-state index < -0.39 is 0 Å². The van der Waals surface area contributed by atoms with Gasteiger partial charge in [-0.3, -0.25) is 4.79 Å². The molecule has 21 heavy (non-hydrogen) atoms. The van der Waals surface area contributed by atoms with Crippen LogP contribution in [-0.2, 0) is 4.79 Å². The molecule has 1 heterocycles. The summed E-state index contributed by atoms with van der Waals surface area (Å²) in [5, 5.41) is 9.04. The fraction of sp³-hybridized carbons (Fsp3) is 0.500. The first-order chi connectivity index (χ1) is 9.71. The number of urea groups is 1. The first-order valence-corrected chi connectivity index (χ1v) is 6.62. The molecule has 0 spiro atoms. The van der Waals surface area contributed by atoms with Crippen molar-refractivity contribution in [3.05, 3.63) is 24.5 Å². The summed E-state index contributed by atoms with van der Waals surface area (Å²) in [5.74, 6) is 0.570. The number of nitrogens with one attached hydrogen (secondary N) is 2. The molecule has 0 saturated carbocycles. The molecule has 0 unspecified atom stereocenters. The molecule has 0 aliphatic heterocycles. The quantitative estimate of drug-likeness (QED) is 0.812. The molecule has 2 N–H and O–H groups in total. The van der Waals surface area contributed by atoms with Crippen LogP contribution >= 0.6 is 0 Å². The minimum Gasteiger partial charge on any atom is -0.360 e. The Balaban J connectivity index is 2.62. The van der Waals surface area contributed by atoms with Crippen LogP contribution in [0, 0.1) is 6.92 Å². The van der Waals surface area contributed by atoms with Gasteiger partial charge >= 0.3 is 6.03 Å². The number of amides is 3. The van der Waals surface area contributed by atoms with Crippen molar-refractivity contribution in [2.24, 2.45) is 0 Å². The van der Waals surface area contributed by atoms with Gasteiger partial charge in [0.15, 0.2) is 5.82 Å². The summed E-state index contributed by atoms with van der Waals surface area (Å²) in [7, 11) is 0. The summed E-state index contributed by atoms with van der Waals surface area (Å²) in [5.41, 5.74) is -0.379. The molecule has 0 aromatic carbocycles. The predicted molar refractivity (Wildman–Crippen MR) is 79.9 cm³/mol. The maximum atomic E-state index is 12.1. The summed E-state index contributed by atoms with van der Waals surface area (Å²) in [6, 6.07) is 1.28. The van der Waals surface area contributed by atoms with Crippen molar-refractivity contribution in [1.82, 2.24) is 15.4 Å². The lowest BCUT2D eigenvalue weighted by atomic mass is 10.1. The third-order valence-corrected chi connectivity index (χ3v) is 2.35. The molecular formula is C14H22N4O3. The molecule has 0 radical (unpaired) electrons. The number of carbonyl (C=O) groups excluding carboxylic acids is 2. The summed E-state index contributed by atoms with van der Waals surface area (Å²) < 4.78 is 4.86. The number of aryl methyl sites for hydroxylation is 1. The van der Waals surface area contributed by atoms with Gasteiger partial charge in [-0.25, -0.2) is 4.79 Å². The van der Waals surface area contributed by atoms with Gasteiger partial charge in [0.1, 0.15) is 12.3 Å². The van der Waals surface area contributed by atoms with E-state index in [0.29, 0.717) is 11.6 Å². The van der Waals surface area contributed by atoms with Crippen LogP contribution in [0.3, 0.4) is 0 Å². The molecular weight excluding hydrogens is 272 g/mol. The van der Waals surface area contributed by atoms with Gasteiger partial charge in [-0.05, 0) is 27.7 Å². The Morgan fingerprint density at radius 2 is 2.14 bits per heavy atom. The van der Waals surface area contributed by atoms with Crippen LogP contribution in [0.1, 0.15) is 26.5 Å². The van der Waals surface area contributed by atoms with Gasteiger partial charge in [0.25, 0.3) is 0 Å². The first-order valence-electron chi connectivity index (χ1n) is 6.62. The number of hydrogen-bond donors (Lipinski definition) is 2. The first kappa shape index (κ1) is 16.7. The average Bonchev–Trinajstić information content (AvgIpc) is 2.71. The van der Waals surface area contributed by atoms with E-state index in [1.165, 1.54) is 4.90 Å². The lowest BCUT2D eigenvalue weighted by Crippen LogP contribution is -2.50. The highest BCUT2D eigenvalue weighted by Crippen LogP contribution is 2.07. The van der Waals surface area contributed by atoms with Crippen molar-refractivity contribution in [2.45, 2.75) is 33.2 Å². The molecule has 0 atom stereocenters. The fourth-order valence-electron chi connectivity index (χ4n) is 1.56. The Hall–Kier alpha value is -2.31. The molecule has 0 aliphatic rings. The molecule has 1 aromatic heterocycles. The van der Waals surface area contributed by atoms with Gasteiger partial charge in [-0.1, -0.05) is 11.2 Å². The Morgan fingerprint density at radius 3 is 2.62 bits per heavy atom. The van der Waals surface area contributed by atoms with Crippen LogP contribution < -0.4 is 10.6 Å². The van der Waals surface area contributed by atoms with E-state index in [-0.39, 0.29) is 30.6 Å². The number of hydrogen-bond acceptors (Lipinski definition) is 4. The van der Waals surface area contributed by atoms with E-state index in [2.05, 4.69) is 22.4 Å². The van der Waals surface area contributed by atoms with E-state index in [0.717, 1.165) is 0 Å². The number of nitrogens with zero attached hydrogens (tertiary/aromatic N) is 2. The third-order valence-electron chi connectivity index (χ3n) is 2.35. The number of carbonyl (C=O) groups is 2. The predicted octanol–water partition coefficient (Wildman–Crippen LogP) is 1.92. The second-order valence-corrected chi connectivity index (χ2v) is 5.72. The van der Waals surface area contributed by atoms with Crippen LogP contribution in [0.25, 0.3) is 0 Å².